The van der Waals surface area contributed by atoms with Gasteiger partial charge in [-0.1, -0.05) is 255 Å². The van der Waals surface area contributed by atoms with Crippen LogP contribution in [0.5, 0.6) is 0 Å². The Morgan fingerprint density at radius 1 is 0.373 bits per heavy atom. The monoisotopic (exact) mass is 1170 g/mol. The van der Waals surface area contributed by atoms with Gasteiger partial charge < -0.3 is 0 Å². The average Bonchev–Trinajstić information content (AvgIpc) is 1.98. The molecule has 0 saturated heterocycles. The number of rotatable bonds is 34. The highest BCUT2D eigenvalue weighted by Crippen LogP contribution is 2.59. The molecule has 0 unspecified atom stereocenters. The molecule has 5 aromatic carbocycles. The molecule has 3 aromatic heterocycles. The number of benzene rings is 5. The minimum absolute atomic E-state index is 0.107. The Morgan fingerprint density at radius 3 is 1.04 bits per heavy atom. The van der Waals surface area contributed by atoms with Gasteiger partial charge in [0.15, 0.2) is 0 Å². The Kier molecular flexibility index (Phi) is 20.6. The molecule has 8 nitrogen and oxygen atoms in total. The molecule has 0 N–H and O–H groups in total. The van der Waals surface area contributed by atoms with Crippen molar-refractivity contribution in [3.63, 3.8) is 0 Å². The smallest absolute Gasteiger partial charge is 0.258 e. The first kappa shape index (κ1) is 60.2. The van der Waals surface area contributed by atoms with Crippen LogP contribution >= 0.6 is 34.4 Å². The summed E-state index contributed by atoms with van der Waals surface area (Å²) in [7, 11) is 0. The van der Waals surface area contributed by atoms with Gasteiger partial charge in [-0.25, -0.2) is 0 Å². The molecule has 0 aliphatic heterocycles. The van der Waals surface area contributed by atoms with Crippen LogP contribution in [-0.2, 0) is 10.8 Å². The molecule has 2 aliphatic rings. The predicted octanol–water partition coefficient (Wildman–Crippen LogP) is 23.8. The molecule has 2 aliphatic carbocycles. The van der Waals surface area contributed by atoms with Crippen molar-refractivity contribution in [1.29, 1.82) is 0 Å². The maximum Gasteiger partial charge on any atom is 0.357 e. The summed E-state index contributed by atoms with van der Waals surface area (Å²) in [5.41, 5.74) is 12.6. The van der Waals surface area contributed by atoms with Crippen LogP contribution in [0.25, 0.3) is 75.0 Å². The van der Waals surface area contributed by atoms with Crippen LogP contribution in [0.4, 0.5) is 11.4 Å². The lowest BCUT2D eigenvalue weighted by molar-refractivity contribution is -0.421. The predicted molar refractivity (Wildman–Crippen MR) is 353 cm³/mol. The first-order chi connectivity index (χ1) is 40.7. The van der Waals surface area contributed by atoms with Gasteiger partial charge in [-0.05, 0) is 118 Å². The van der Waals surface area contributed by atoms with E-state index in [4.69, 9.17) is 8.75 Å². The van der Waals surface area contributed by atoms with Gasteiger partial charge >= 0.3 is 11.4 Å². The lowest BCUT2D eigenvalue weighted by Crippen LogP contribution is -2.25. The van der Waals surface area contributed by atoms with E-state index in [1.165, 1.54) is 221 Å². The van der Waals surface area contributed by atoms with Crippen LogP contribution in [-0.4, -0.2) is 18.6 Å². The number of nitro benzene ring substituents is 2. The highest BCUT2D eigenvalue weighted by atomic mass is 32.1. The van der Waals surface area contributed by atoms with Crippen molar-refractivity contribution >= 4 is 56.8 Å². The highest BCUT2D eigenvalue weighted by molar-refractivity contribution is 7.19. The zero-order chi connectivity index (χ0) is 57.8. The van der Waals surface area contributed by atoms with Crippen molar-refractivity contribution in [1.82, 2.24) is 8.75 Å². The molecule has 0 saturated carbocycles. The van der Waals surface area contributed by atoms with Crippen LogP contribution in [0.2, 0.25) is 0 Å². The van der Waals surface area contributed by atoms with E-state index in [2.05, 4.69) is 113 Å². The van der Waals surface area contributed by atoms with Crippen molar-refractivity contribution < 1.29 is 9.85 Å². The zero-order valence-corrected chi connectivity index (χ0v) is 52.3. The number of nitro groups is 2. The van der Waals surface area contributed by atoms with E-state index in [0.717, 1.165) is 58.3 Å². The maximum absolute atomic E-state index is 13.6. The first-order valence-corrected chi connectivity index (χ1v) is 34.4. The van der Waals surface area contributed by atoms with Crippen molar-refractivity contribution in [2.24, 2.45) is 0 Å². The minimum Gasteiger partial charge on any atom is -0.258 e. The number of hydrogen-bond donors (Lipinski definition) is 0. The van der Waals surface area contributed by atoms with E-state index in [9.17, 15) is 20.2 Å². The third-order valence-electron chi connectivity index (χ3n) is 18.7. The molecule has 0 amide bonds. The Bertz CT molecular complexity index is 3240. The van der Waals surface area contributed by atoms with Crippen molar-refractivity contribution in [2.75, 3.05) is 0 Å². The molecule has 8 aromatic rings. The fourth-order valence-corrected chi connectivity index (χ4v) is 17.1. The summed E-state index contributed by atoms with van der Waals surface area (Å²) in [6.07, 6.45) is 34.3. The molecule has 3 heterocycles. The number of fused-ring (bicyclic) bond motifs is 7. The van der Waals surface area contributed by atoms with Crippen LogP contribution < -0.4 is 0 Å². The van der Waals surface area contributed by atoms with Crippen LogP contribution in [0, 0.1) is 20.2 Å². The van der Waals surface area contributed by atoms with Crippen molar-refractivity contribution in [2.45, 2.75) is 218 Å². The highest BCUT2D eigenvalue weighted by Gasteiger charge is 2.45. The maximum atomic E-state index is 13.6. The normalized spacial score (nSPS) is 13.6. The lowest BCUT2D eigenvalue weighted by atomic mass is 9.70. The Morgan fingerprint density at radius 2 is 0.687 bits per heavy atom. The number of hydrogen-bond acceptors (Lipinski definition) is 9. The van der Waals surface area contributed by atoms with E-state index in [1.807, 2.05) is 24.3 Å². The van der Waals surface area contributed by atoms with E-state index in [0.29, 0.717) is 20.8 Å². The zero-order valence-electron chi connectivity index (χ0n) is 49.8. The van der Waals surface area contributed by atoms with Crippen LogP contribution in [0.1, 0.15) is 230 Å². The van der Waals surface area contributed by atoms with Gasteiger partial charge in [0.25, 0.3) is 0 Å². The first-order valence-electron chi connectivity index (χ1n) is 32.0. The number of aromatic nitrogens is 2. The van der Waals surface area contributed by atoms with Crippen molar-refractivity contribution in [3.8, 4) is 64.0 Å². The second-order valence-corrected chi connectivity index (χ2v) is 26.8. The standard InChI is InChI=1S/C72H86N4O4S3/c1-5-9-13-17-21-29-45-71(46-30-22-18-14-10-6-2)57-35-27-25-33-53(57)55-39-37-51(49-59(55)71)61-41-43-63(81-61)65-67-68(74-83-73-67)66(70(76(79)80)69(65)75(77)78)64-44-42-62(82-64)52-38-40-56-54-34-26-28-36-58(54)72(60(56)50-52,47-31-23-19-15-11-7-3)48-32-24-20-16-12-8-4/h25-28,33-44,49-50H,5-24,29-32,45-48H2,1-4H3. The molecule has 436 valence electrons. The number of unbranched alkanes of at least 4 members (excludes halogenated alkanes) is 20. The van der Waals surface area contributed by atoms with Gasteiger partial charge in [0.1, 0.15) is 22.2 Å². The van der Waals surface area contributed by atoms with Gasteiger partial charge in [0.2, 0.25) is 0 Å². The summed E-state index contributed by atoms with van der Waals surface area (Å²) in [5.74, 6) is 0. The molecule has 11 heteroatoms. The molecule has 0 spiro atoms. The third-order valence-corrected chi connectivity index (χ3v) is 21.5. The van der Waals surface area contributed by atoms with E-state index in [1.54, 1.807) is 0 Å². The Labute approximate surface area is 506 Å². The summed E-state index contributed by atoms with van der Waals surface area (Å²) in [6, 6.07) is 39.7. The minimum atomic E-state index is -0.569. The molecule has 83 heavy (non-hydrogen) atoms. The second-order valence-electron chi connectivity index (χ2n) is 24.1. The van der Waals surface area contributed by atoms with Gasteiger partial charge in [-0.3, -0.25) is 20.2 Å². The average molecular weight is 1170 g/mol. The van der Waals surface area contributed by atoms with E-state index >= 15 is 0 Å². The number of nitrogens with zero attached hydrogens (tertiary/aromatic N) is 4. The summed E-state index contributed by atoms with van der Waals surface area (Å²) in [4.78, 5) is 29.1. The SMILES string of the molecule is CCCCCCCCC1(CCCCCCCC)c2ccccc2-c2ccc(-c3ccc(-c4c([N+](=O)[O-])c([N+](=O)[O-])c(-c5ccc(-c6ccc7c(c6)C(CCCCCCCC)(CCCCCCCC)c6ccccc6-7)s5)c5nsnc45)s3)cc21. The molecule has 0 radical (unpaired) electrons. The van der Waals surface area contributed by atoms with Crippen LogP contribution in [0.15, 0.2) is 109 Å². The molecular formula is C72H86N4O4S3. The quantitative estimate of drug-likeness (QED) is 0.0226. The largest absolute Gasteiger partial charge is 0.357 e. The fourth-order valence-electron chi connectivity index (χ4n) is 14.4. The van der Waals surface area contributed by atoms with Gasteiger partial charge in [-0.15, -0.1) is 22.7 Å². The van der Waals surface area contributed by atoms with Gasteiger partial charge in [-0.2, -0.15) is 8.75 Å². The second kappa shape index (κ2) is 28.3. The molecule has 0 bridgehead atoms. The Balaban J connectivity index is 1.00. The molecular weight excluding hydrogens is 1080 g/mol. The summed E-state index contributed by atoms with van der Waals surface area (Å²) in [6.45, 7) is 9.10. The summed E-state index contributed by atoms with van der Waals surface area (Å²) in [5, 5.41) is 27.2. The lowest BCUT2D eigenvalue weighted by Gasteiger charge is -2.33. The molecule has 0 atom stereocenters. The Hall–Kier alpha value is -5.88. The van der Waals surface area contributed by atoms with Crippen LogP contribution in [0.3, 0.4) is 0 Å². The number of thiophene rings is 2. The van der Waals surface area contributed by atoms with Crippen molar-refractivity contribution in [3.05, 3.63) is 152 Å². The van der Waals surface area contributed by atoms with Gasteiger partial charge in [0, 0.05) is 30.3 Å². The van der Waals surface area contributed by atoms with E-state index < -0.39 is 21.2 Å². The summed E-state index contributed by atoms with van der Waals surface area (Å²) >= 11 is 3.81. The third kappa shape index (κ3) is 12.6. The van der Waals surface area contributed by atoms with Gasteiger partial charge in [0.05, 0.1) is 21.6 Å². The molecule has 0 fully saturated rings. The molecule has 10 rings (SSSR count). The topological polar surface area (TPSA) is 112 Å². The van der Waals surface area contributed by atoms with E-state index in [-0.39, 0.29) is 22.0 Å². The fraction of sp³-hybridized carbons (Fsp3) is 0.472. The summed E-state index contributed by atoms with van der Waals surface area (Å²) < 4.78 is 9.49.